The lowest BCUT2D eigenvalue weighted by atomic mass is 9.74. The number of hydrogen-bond donors (Lipinski definition) is 0. The molecular weight excluding hydrogens is 256 g/mol. The maximum absolute atomic E-state index is 12.6. The number of ketones is 3. The number of rotatable bonds is 7. The Labute approximate surface area is 122 Å². The van der Waals surface area contributed by atoms with Crippen LogP contribution >= 0.6 is 0 Å². The van der Waals surface area contributed by atoms with Crippen LogP contribution in [0.5, 0.6) is 0 Å². The van der Waals surface area contributed by atoms with Gasteiger partial charge in [0.05, 0.1) is 5.92 Å². The minimum atomic E-state index is -1.03. The van der Waals surface area contributed by atoms with E-state index in [0.29, 0.717) is 0 Å². The zero-order chi connectivity index (χ0) is 16.3. The van der Waals surface area contributed by atoms with E-state index in [-0.39, 0.29) is 29.7 Å². The Balaban J connectivity index is 5.44. The molecule has 0 amide bonds. The van der Waals surface area contributed by atoms with Gasteiger partial charge < -0.3 is 4.74 Å². The van der Waals surface area contributed by atoms with Crippen molar-refractivity contribution in [2.45, 2.75) is 60.5 Å². The lowest BCUT2D eigenvalue weighted by molar-refractivity contribution is -0.149. The predicted molar refractivity (Wildman–Crippen MR) is 78.5 cm³/mol. The van der Waals surface area contributed by atoms with Crippen molar-refractivity contribution in [1.29, 1.82) is 0 Å². The van der Waals surface area contributed by atoms with Crippen LogP contribution in [0.3, 0.4) is 0 Å². The van der Waals surface area contributed by atoms with Crippen molar-refractivity contribution in [3.8, 4) is 0 Å². The van der Waals surface area contributed by atoms with Gasteiger partial charge in [-0.15, -0.1) is 0 Å². The molecule has 0 aliphatic heterocycles. The van der Waals surface area contributed by atoms with Gasteiger partial charge in [0.2, 0.25) is 0 Å². The second kappa shape index (κ2) is 6.61. The van der Waals surface area contributed by atoms with Crippen LogP contribution in [-0.4, -0.2) is 30.1 Å². The molecular formula is C16H28O4. The van der Waals surface area contributed by atoms with E-state index in [1.54, 1.807) is 41.5 Å². The quantitative estimate of drug-likeness (QED) is 0.674. The molecule has 2 atom stereocenters. The fraction of sp³-hybridized carbons (Fsp3) is 0.812. The third-order valence-corrected chi connectivity index (χ3v) is 3.76. The van der Waals surface area contributed by atoms with Crippen LogP contribution in [0.15, 0.2) is 0 Å². The Morgan fingerprint density at radius 3 is 1.75 bits per heavy atom. The van der Waals surface area contributed by atoms with Crippen molar-refractivity contribution in [2.75, 3.05) is 7.11 Å². The topological polar surface area (TPSA) is 60.4 Å². The first kappa shape index (κ1) is 19.0. The van der Waals surface area contributed by atoms with Crippen molar-refractivity contribution in [3.63, 3.8) is 0 Å². The first-order valence-corrected chi connectivity index (χ1v) is 6.98. The highest BCUT2D eigenvalue weighted by Gasteiger charge is 2.42. The number of carbonyl (C=O) groups excluding carboxylic acids is 3. The van der Waals surface area contributed by atoms with E-state index >= 15 is 0 Å². The lowest BCUT2D eigenvalue weighted by Crippen LogP contribution is -2.45. The van der Waals surface area contributed by atoms with Gasteiger partial charge in [-0.1, -0.05) is 27.7 Å². The molecule has 0 aliphatic rings. The van der Waals surface area contributed by atoms with E-state index in [4.69, 9.17) is 4.74 Å². The summed E-state index contributed by atoms with van der Waals surface area (Å²) in [7, 11) is 1.45. The van der Waals surface area contributed by atoms with E-state index in [0.717, 1.165) is 0 Å². The van der Waals surface area contributed by atoms with Gasteiger partial charge in [0.1, 0.15) is 17.2 Å². The Morgan fingerprint density at radius 1 is 1.00 bits per heavy atom. The van der Waals surface area contributed by atoms with Crippen molar-refractivity contribution in [2.24, 2.45) is 17.3 Å². The van der Waals surface area contributed by atoms with E-state index in [2.05, 4.69) is 0 Å². The van der Waals surface area contributed by atoms with Crippen molar-refractivity contribution in [1.82, 2.24) is 0 Å². The summed E-state index contributed by atoms with van der Waals surface area (Å²) in [6.07, 6.45) is 0.247. The number of hydrogen-bond acceptors (Lipinski definition) is 4. The first-order valence-electron chi connectivity index (χ1n) is 6.98. The summed E-state index contributed by atoms with van der Waals surface area (Å²) in [4.78, 5) is 36.6. The highest BCUT2D eigenvalue weighted by Crippen LogP contribution is 2.29. The first-order chi connectivity index (χ1) is 8.84. The molecule has 0 bridgehead atoms. The molecule has 2 unspecified atom stereocenters. The van der Waals surface area contributed by atoms with Crippen molar-refractivity contribution in [3.05, 3.63) is 0 Å². The fourth-order valence-corrected chi connectivity index (χ4v) is 1.90. The molecule has 0 aromatic carbocycles. The van der Waals surface area contributed by atoms with Crippen LogP contribution in [0, 0.1) is 17.3 Å². The van der Waals surface area contributed by atoms with Crippen molar-refractivity contribution < 1.29 is 19.1 Å². The molecule has 0 radical (unpaired) electrons. The third-order valence-electron chi connectivity index (χ3n) is 3.76. The van der Waals surface area contributed by atoms with Gasteiger partial charge in [-0.25, -0.2) is 0 Å². The van der Waals surface area contributed by atoms with Crippen LogP contribution in [-0.2, 0) is 19.1 Å². The van der Waals surface area contributed by atoms with Crippen LogP contribution in [0.25, 0.3) is 0 Å². The number of methoxy groups -OCH3 is 1. The molecule has 0 spiro atoms. The Morgan fingerprint density at radius 2 is 1.45 bits per heavy atom. The summed E-state index contributed by atoms with van der Waals surface area (Å²) < 4.78 is 5.20. The summed E-state index contributed by atoms with van der Waals surface area (Å²) in [5.74, 6) is -1.53. The smallest absolute Gasteiger partial charge is 0.174 e. The van der Waals surface area contributed by atoms with Crippen LogP contribution in [0.1, 0.15) is 54.9 Å². The third kappa shape index (κ3) is 4.82. The van der Waals surface area contributed by atoms with Crippen LogP contribution in [0.2, 0.25) is 0 Å². The van der Waals surface area contributed by atoms with Gasteiger partial charge in [0, 0.05) is 18.4 Å². The minimum absolute atomic E-state index is 0.0141. The Hall–Kier alpha value is -1.03. The van der Waals surface area contributed by atoms with Crippen LogP contribution < -0.4 is 0 Å². The van der Waals surface area contributed by atoms with E-state index in [1.165, 1.54) is 14.0 Å². The number of Topliss-reactive ketones (excluding diaryl/α,β-unsaturated/α-hetero) is 3. The molecule has 20 heavy (non-hydrogen) atoms. The highest BCUT2D eigenvalue weighted by molar-refractivity contribution is 6.07. The normalized spacial score (nSPS) is 15.6. The summed E-state index contributed by atoms with van der Waals surface area (Å²) >= 11 is 0. The summed E-state index contributed by atoms with van der Waals surface area (Å²) in [6.45, 7) is 11.9. The predicted octanol–water partition coefficient (Wildman–Crippen LogP) is 2.83. The summed E-state index contributed by atoms with van der Waals surface area (Å²) in [5.41, 5.74) is -1.65. The molecule has 0 aromatic rings. The van der Waals surface area contributed by atoms with E-state index in [1.807, 2.05) is 0 Å². The zero-order valence-corrected chi connectivity index (χ0v) is 14.0. The molecule has 0 saturated heterocycles. The van der Waals surface area contributed by atoms with E-state index < -0.39 is 16.9 Å². The summed E-state index contributed by atoms with van der Waals surface area (Å²) in [5, 5.41) is 0. The number of carbonyl (C=O) groups is 3. The molecule has 4 heteroatoms. The molecule has 4 nitrogen and oxygen atoms in total. The SMILES string of the molecule is COC(C)(C)C(=O)C(CC(C)C(C)=O)C(=O)C(C)(C)C. The van der Waals surface area contributed by atoms with Crippen LogP contribution in [0.4, 0.5) is 0 Å². The molecule has 116 valence electrons. The molecule has 0 aromatic heterocycles. The average Bonchev–Trinajstić information content (AvgIpc) is 2.32. The Kier molecular flexibility index (Phi) is 6.27. The molecule has 0 saturated carbocycles. The molecule has 0 rings (SSSR count). The second-order valence-electron chi connectivity index (χ2n) is 6.99. The van der Waals surface area contributed by atoms with Gasteiger partial charge in [-0.05, 0) is 27.2 Å². The van der Waals surface area contributed by atoms with Gasteiger partial charge >= 0.3 is 0 Å². The average molecular weight is 284 g/mol. The van der Waals surface area contributed by atoms with Gasteiger partial charge in [-0.3, -0.25) is 14.4 Å². The van der Waals surface area contributed by atoms with Gasteiger partial charge in [-0.2, -0.15) is 0 Å². The Bertz CT molecular complexity index is 388. The summed E-state index contributed by atoms with van der Waals surface area (Å²) in [6, 6.07) is 0. The monoisotopic (exact) mass is 284 g/mol. The lowest BCUT2D eigenvalue weighted by Gasteiger charge is -2.31. The maximum Gasteiger partial charge on any atom is 0.174 e. The number of ether oxygens (including phenoxy) is 1. The second-order valence-corrected chi connectivity index (χ2v) is 6.99. The zero-order valence-electron chi connectivity index (χ0n) is 14.0. The van der Waals surface area contributed by atoms with Crippen molar-refractivity contribution >= 4 is 17.3 Å². The molecule has 0 N–H and O–H groups in total. The molecule has 0 fully saturated rings. The standard InChI is InChI=1S/C16H28O4/c1-10(11(2)17)9-12(13(18)15(3,4)5)14(19)16(6,7)20-8/h10,12H,9H2,1-8H3. The van der Waals surface area contributed by atoms with E-state index in [9.17, 15) is 14.4 Å². The minimum Gasteiger partial charge on any atom is -0.371 e. The highest BCUT2D eigenvalue weighted by atomic mass is 16.5. The van der Waals surface area contributed by atoms with Gasteiger partial charge in [0.25, 0.3) is 0 Å². The molecule has 0 aliphatic carbocycles. The largest absolute Gasteiger partial charge is 0.371 e. The maximum atomic E-state index is 12.6. The molecule has 0 heterocycles. The fourth-order valence-electron chi connectivity index (χ4n) is 1.90. The van der Waals surface area contributed by atoms with Gasteiger partial charge in [0.15, 0.2) is 5.78 Å².